The van der Waals surface area contributed by atoms with Gasteiger partial charge in [0, 0.05) is 19.3 Å². The first-order chi connectivity index (χ1) is 8.57. The summed E-state index contributed by atoms with van der Waals surface area (Å²) >= 11 is 0. The van der Waals surface area contributed by atoms with Crippen molar-refractivity contribution < 1.29 is 8.42 Å². The molecule has 0 bridgehead atoms. The maximum atomic E-state index is 12.1. The maximum absolute atomic E-state index is 12.1. The summed E-state index contributed by atoms with van der Waals surface area (Å²) in [6.45, 7) is 7.05. The van der Waals surface area contributed by atoms with E-state index in [0.717, 1.165) is 6.54 Å². The quantitative estimate of drug-likeness (QED) is 0.825. The van der Waals surface area contributed by atoms with Crippen LogP contribution in [-0.2, 0) is 10.0 Å². The Morgan fingerprint density at radius 1 is 1.32 bits per heavy atom. The molecule has 0 aliphatic carbocycles. The fourth-order valence-electron chi connectivity index (χ4n) is 1.97. The number of benzene rings is 1. The number of nitrogen functional groups attached to an aromatic ring is 1. The van der Waals surface area contributed by atoms with E-state index in [1.165, 1.54) is 13.1 Å². The predicted molar refractivity (Wildman–Crippen MR) is 79.8 cm³/mol. The molecule has 108 valence electrons. The van der Waals surface area contributed by atoms with Gasteiger partial charge >= 0.3 is 0 Å². The van der Waals surface area contributed by atoms with Crippen molar-refractivity contribution in [1.82, 2.24) is 4.72 Å². The van der Waals surface area contributed by atoms with Gasteiger partial charge < -0.3 is 10.6 Å². The minimum atomic E-state index is -3.52. The average Bonchev–Trinajstić information content (AvgIpc) is 2.26. The number of anilines is 2. The molecule has 0 heterocycles. The standard InChI is InChI=1S/C13H23N3O2S/c1-13(2,3)9-16(5)11-7-6-10(14)8-12(11)19(17,18)15-4/h6-8,15H,9,14H2,1-5H3. The predicted octanol–water partition coefficient (Wildman–Crippen LogP) is 1.66. The number of nitrogens with two attached hydrogens (primary N) is 1. The van der Waals surface area contributed by atoms with Gasteiger partial charge in [-0.2, -0.15) is 0 Å². The summed E-state index contributed by atoms with van der Waals surface area (Å²) in [6, 6.07) is 4.94. The lowest BCUT2D eigenvalue weighted by Gasteiger charge is -2.29. The van der Waals surface area contributed by atoms with Crippen LogP contribution in [0.2, 0.25) is 0 Å². The third kappa shape index (κ3) is 4.11. The van der Waals surface area contributed by atoms with Gasteiger partial charge in [0.2, 0.25) is 10.0 Å². The maximum Gasteiger partial charge on any atom is 0.242 e. The minimum absolute atomic E-state index is 0.0663. The Hall–Kier alpha value is -1.27. The fraction of sp³-hybridized carbons (Fsp3) is 0.538. The van der Waals surface area contributed by atoms with Crippen LogP contribution in [0.5, 0.6) is 0 Å². The SMILES string of the molecule is CNS(=O)(=O)c1cc(N)ccc1N(C)CC(C)(C)C. The molecule has 0 saturated carbocycles. The molecule has 0 unspecified atom stereocenters. The second kappa shape index (κ2) is 5.38. The molecule has 6 heteroatoms. The van der Waals surface area contributed by atoms with Crippen LogP contribution in [0, 0.1) is 5.41 Å². The number of nitrogens with one attached hydrogen (secondary N) is 1. The number of nitrogens with zero attached hydrogens (tertiary/aromatic N) is 1. The summed E-state index contributed by atoms with van der Waals surface area (Å²) in [7, 11) is -0.248. The van der Waals surface area contributed by atoms with E-state index in [0.29, 0.717) is 11.4 Å². The van der Waals surface area contributed by atoms with Gasteiger partial charge in [-0.1, -0.05) is 20.8 Å². The minimum Gasteiger partial charge on any atom is -0.399 e. The summed E-state index contributed by atoms with van der Waals surface area (Å²) in [6.07, 6.45) is 0. The van der Waals surface area contributed by atoms with E-state index in [1.54, 1.807) is 12.1 Å². The van der Waals surface area contributed by atoms with E-state index in [-0.39, 0.29) is 10.3 Å². The normalized spacial score (nSPS) is 12.5. The molecule has 0 atom stereocenters. The molecule has 0 spiro atoms. The lowest BCUT2D eigenvalue weighted by molar-refractivity contribution is 0.418. The van der Waals surface area contributed by atoms with Crippen molar-refractivity contribution in [1.29, 1.82) is 0 Å². The van der Waals surface area contributed by atoms with Crippen LogP contribution >= 0.6 is 0 Å². The van der Waals surface area contributed by atoms with Crippen molar-refractivity contribution in [3.63, 3.8) is 0 Å². The molecule has 19 heavy (non-hydrogen) atoms. The molecule has 5 nitrogen and oxygen atoms in total. The van der Waals surface area contributed by atoms with Crippen LogP contribution in [0.15, 0.2) is 23.1 Å². The third-order valence-corrected chi connectivity index (χ3v) is 4.11. The molecular formula is C13H23N3O2S. The summed E-state index contributed by atoms with van der Waals surface area (Å²) in [5.41, 5.74) is 6.85. The van der Waals surface area contributed by atoms with Crippen LogP contribution in [0.3, 0.4) is 0 Å². The van der Waals surface area contributed by atoms with Crippen LogP contribution in [-0.4, -0.2) is 29.1 Å². The smallest absolute Gasteiger partial charge is 0.242 e. The zero-order valence-electron chi connectivity index (χ0n) is 12.2. The van der Waals surface area contributed by atoms with E-state index in [4.69, 9.17) is 5.73 Å². The van der Waals surface area contributed by atoms with Gasteiger partial charge in [0.25, 0.3) is 0 Å². The van der Waals surface area contributed by atoms with Gasteiger partial charge in [-0.05, 0) is 30.7 Å². The molecule has 0 radical (unpaired) electrons. The zero-order chi connectivity index (χ0) is 14.8. The highest BCUT2D eigenvalue weighted by atomic mass is 32.2. The van der Waals surface area contributed by atoms with Gasteiger partial charge in [-0.25, -0.2) is 13.1 Å². The van der Waals surface area contributed by atoms with E-state index in [9.17, 15) is 8.42 Å². The van der Waals surface area contributed by atoms with E-state index in [1.807, 2.05) is 11.9 Å². The van der Waals surface area contributed by atoms with E-state index in [2.05, 4.69) is 25.5 Å². The highest BCUT2D eigenvalue weighted by molar-refractivity contribution is 7.89. The van der Waals surface area contributed by atoms with Crippen molar-refractivity contribution in [2.45, 2.75) is 25.7 Å². The number of hydrogen-bond donors (Lipinski definition) is 2. The van der Waals surface area contributed by atoms with Crippen molar-refractivity contribution in [2.24, 2.45) is 5.41 Å². The first-order valence-corrected chi connectivity index (χ1v) is 7.59. The fourth-order valence-corrected chi connectivity index (χ4v) is 2.98. The third-order valence-electron chi connectivity index (χ3n) is 2.66. The molecule has 0 saturated heterocycles. The van der Waals surface area contributed by atoms with Gasteiger partial charge in [-0.3, -0.25) is 0 Å². The lowest BCUT2D eigenvalue weighted by atomic mass is 9.96. The molecule has 3 N–H and O–H groups in total. The molecule has 0 amide bonds. The van der Waals surface area contributed by atoms with Crippen LogP contribution in [0.4, 0.5) is 11.4 Å². The lowest BCUT2D eigenvalue weighted by Crippen LogP contribution is -2.31. The molecule has 1 rings (SSSR count). The summed E-state index contributed by atoms with van der Waals surface area (Å²) < 4.78 is 26.4. The first kappa shape index (κ1) is 15.8. The Balaban J connectivity index is 3.29. The highest BCUT2D eigenvalue weighted by Crippen LogP contribution is 2.28. The van der Waals surface area contributed by atoms with Gasteiger partial charge in [0.15, 0.2) is 0 Å². The molecule has 0 aromatic heterocycles. The summed E-state index contributed by atoms with van der Waals surface area (Å²) in [5.74, 6) is 0. The van der Waals surface area contributed by atoms with Crippen LogP contribution < -0.4 is 15.4 Å². The van der Waals surface area contributed by atoms with Gasteiger partial charge in [-0.15, -0.1) is 0 Å². The molecule has 0 aliphatic heterocycles. The Labute approximate surface area is 115 Å². The Morgan fingerprint density at radius 2 is 1.89 bits per heavy atom. The summed E-state index contributed by atoms with van der Waals surface area (Å²) in [5, 5.41) is 0. The number of rotatable bonds is 4. The Kier molecular flexibility index (Phi) is 4.47. The number of sulfonamides is 1. The number of hydrogen-bond acceptors (Lipinski definition) is 4. The molecule has 1 aromatic carbocycles. The van der Waals surface area contributed by atoms with Crippen LogP contribution in [0.1, 0.15) is 20.8 Å². The second-order valence-electron chi connectivity index (χ2n) is 5.85. The molecule has 1 aromatic rings. The monoisotopic (exact) mass is 285 g/mol. The van der Waals surface area contributed by atoms with Gasteiger partial charge in [0.1, 0.15) is 4.90 Å². The molecule has 0 fully saturated rings. The van der Waals surface area contributed by atoms with Crippen molar-refractivity contribution in [3.05, 3.63) is 18.2 Å². The summed E-state index contributed by atoms with van der Waals surface area (Å²) in [4.78, 5) is 2.14. The topological polar surface area (TPSA) is 75.4 Å². The second-order valence-corrected chi connectivity index (χ2v) is 7.71. The largest absolute Gasteiger partial charge is 0.399 e. The van der Waals surface area contributed by atoms with Crippen LogP contribution in [0.25, 0.3) is 0 Å². The van der Waals surface area contributed by atoms with Crippen molar-refractivity contribution >= 4 is 21.4 Å². The van der Waals surface area contributed by atoms with E-state index < -0.39 is 10.0 Å². The van der Waals surface area contributed by atoms with Crippen molar-refractivity contribution in [3.8, 4) is 0 Å². The molecular weight excluding hydrogens is 262 g/mol. The molecule has 0 aliphatic rings. The Morgan fingerprint density at radius 3 is 2.37 bits per heavy atom. The first-order valence-electron chi connectivity index (χ1n) is 6.11. The van der Waals surface area contributed by atoms with Gasteiger partial charge in [0.05, 0.1) is 5.69 Å². The van der Waals surface area contributed by atoms with Crippen molar-refractivity contribution in [2.75, 3.05) is 31.3 Å². The average molecular weight is 285 g/mol. The highest BCUT2D eigenvalue weighted by Gasteiger charge is 2.22. The van der Waals surface area contributed by atoms with E-state index >= 15 is 0 Å². The Bertz CT molecular complexity index is 547. The zero-order valence-corrected chi connectivity index (χ0v) is 13.0.